The second kappa shape index (κ2) is 9.76. The number of nitrogens with one attached hydrogen (secondary N) is 2. The minimum Gasteiger partial charge on any atom is -0.366 e. The molecule has 160 valence electrons. The van der Waals surface area contributed by atoms with Gasteiger partial charge in [-0.2, -0.15) is 0 Å². The summed E-state index contributed by atoms with van der Waals surface area (Å²) < 4.78 is 0. The molecule has 1 fully saturated rings. The molecule has 1 aromatic carbocycles. The molecule has 1 aromatic rings. The van der Waals surface area contributed by atoms with Crippen LogP contribution in [0.2, 0.25) is 5.02 Å². The van der Waals surface area contributed by atoms with Gasteiger partial charge in [-0.15, -0.1) is 0 Å². The number of halogens is 1. The summed E-state index contributed by atoms with van der Waals surface area (Å²) in [5, 5.41) is 6.64. The lowest BCUT2D eigenvalue weighted by Crippen LogP contribution is -2.49. The lowest BCUT2D eigenvalue weighted by atomic mass is 9.96. The van der Waals surface area contributed by atoms with E-state index in [2.05, 4.69) is 29.4 Å². The molecule has 8 heteroatoms. The number of hydrogen-bond acceptors (Lipinski definition) is 4. The summed E-state index contributed by atoms with van der Waals surface area (Å²) in [6, 6.07) is 5.56. The van der Waals surface area contributed by atoms with Crippen molar-refractivity contribution in [1.82, 2.24) is 10.2 Å². The van der Waals surface area contributed by atoms with Gasteiger partial charge in [0.2, 0.25) is 11.8 Å². The highest BCUT2D eigenvalue weighted by Crippen LogP contribution is 2.30. The van der Waals surface area contributed by atoms with Crippen LogP contribution in [-0.2, 0) is 9.59 Å². The van der Waals surface area contributed by atoms with Crippen molar-refractivity contribution in [1.29, 1.82) is 0 Å². The van der Waals surface area contributed by atoms with Gasteiger partial charge in [-0.25, -0.2) is 0 Å². The molecule has 0 radical (unpaired) electrons. The number of anilines is 2. The number of carbonyl (C=O) groups excluding carboxylic acids is 2. The zero-order chi connectivity index (χ0) is 21.8. The molecule has 6 nitrogen and oxygen atoms in total. The SMILES string of the molecule is CC(C)CC(=O)N1CCN(c2ccc(Cl)cc2NC(=S)NC(=O)C(C)(C)C)CC1. The quantitative estimate of drug-likeness (QED) is 0.698. The van der Waals surface area contributed by atoms with Crippen LogP contribution < -0.4 is 15.5 Å². The van der Waals surface area contributed by atoms with Crippen LogP contribution in [0.3, 0.4) is 0 Å². The minimum atomic E-state index is -0.540. The van der Waals surface area contributed by atoms with Crippen molar-refractivity contribution in [2.24, 2.45) is 11.3 Å². The average molecular weight is 439 g/mol. The van der Waals surface area contributed by atoms with E-state index < -0.39 is 5.41 Å². The molecular formula is C21H31ClN4O2S. The highest BCUT2D eigenvalue weighted by atomic mass is 35.5. The Morgan fingerprint density at radius 2 is 1.79 bits per heavy atom. The molecule has 1 aliphatic heterocycles. The molecule has 2 rings (SSSR count). The van der Waals surface area contributed by atoms with Crippen LogP contribution in [0.1, 0.15) is 41.0 Å². The number of hydrogen-bond donors (Lipinski definition) is 2. The maximum Gasteiger partial charge on any atom is 0.231 e. The lowest BCUT2D eigenvalue weighted by Gasteiger charge is -2.37. The highest BCUT2D eigenvalue weighted by Gasteiger charge is 2.25. The van der Waals surface area contributed by atoms with Crippen molar-refractivity contribution < 1.29 is 9.59 Å². The van der Waals surface area contributed by atoms with Gasteiger partial charge in [-0.3, -0.25) is 9.59 Å². The first kappa shape index (κ1) is 23.4. The van der Waals surface area contributed by atoms with E-state index in [0.717, 1.165) is 24.5 Å². The summed E-state index contributed by atoms with van der Waals surface area (Å²) >= 11 is 11.5. The first-order valence-electron chi connectivity index (χ1n) is 9.92. The molecule has 0 aromatic heterocycles. The predicted octanol–water partition coefficient (Wildman–Crippen LogP) is 3.89. The first-order chi connectivity index (χ1) is 13.5. The van der Waals surface area contributed by atoms with Gasteiger partial charge in [-0.1, -0.05) is 46.2 Å². The van der Waals surface area contributed by atoms with E-state index in [1.807, 2.05) is 37.8 Å². The van der Waals surface area contributed by atoms with Gasteiger partial charge in [0, 0.05) is 43.0 Å². The summed E-state index contributed by atoms with van der Waals surface area (Å²) in [7, 11) is 0. The normalized spacial score (nSPS) is 14.7. The van der Waals surface area contributed by atoms with Crippen LogP contribution in [0, 0.1) is 11.3 Å². The van der Waals surface area contributed by atoms with Crippen LogP contribution >= 0.6 is 23.8 Å². The van der Waals surface area contributed by atoms with E-state index in [-0.39, 0.29) is 16.9 Å². The molecule has 1 saturated heterocycles. The van der Waals surface area contributed by atoms with E-state index in [0.29, 0.717) is 30.5 Å². The smallest absolute Gasteiger partial charge is 0.231 e. The van der Waals surface area contributed by atoms with E-state index in [1.54, 1.807) is 6.07 Å². The van der Waals surface area contributed by atoms with E-state index in [4.69, 9.17) is 23.8 Å². The van der Waals surface area contributed by atoms with Crippen LogP contribution in [0.15, 0.2) is 18.2 Å². The second-order valence-corrected chi connectivity index (χ2v) is 9.63. The number of amides is 2. The zero-order valence-electron chi connectivity index (χ0n) is 17.8. The van der Waals surface area contributed by atoms with Crippen LogP contribution in [0.4, 0.5) is 11.4 Å². The van der Waals surface area contributed by atoms with Crippen LogP contribution in [0.25, 0.3) is 0 Å². The third-order valence-corrected chi connectivity index (χ3v) is 5.11. The number of piperazine rings is 1. The molecule has 0 atom stereocenters. The topological polar surface area (TPSA) is 64.7 Å². The van der Waals surface area contributed by atoms with Crippen molar-refractivity contribution in [3.8, 4) is 0 Å². The maximum absolute atomic E-state index is 12.3. The van der Waals surface area contributed by atoms with Crippen LogP contribution in [-0.4, -0.2) is 48.0 Å². The molecule has 0 saturated carbocycles. The number of thiocarbonyl (C=S) groups is 1. The molecule has 0 aliphatic carbocycles. The molecule has 0 unspecified atom stereocenters. The summed E-state index contributed by atoms with van der Waals surface area (Å²) in [6.45, 7) is 12.4. The Balaban J connectivity index is 2.06. The molecule has 0 bridgehead atoms. The second-order valence-electron chi connectivity index (χ2n) is 8.79. The van der Waals surface area contributed by atoms with Crippen LogP contribution in [0.5, 0.6) is 0 Å². The molecule has 1 aliphatic rings. The van der Waals surface area contributed by atoms with Gasteiger partial charge < -0.3 is 20.4 Å². The minimum absolute atomic E-state index is 0.157. The van der Waals surface area contributed by atoms with E-state index in [1.165, 1.54) is 0 Å². The molecule has 29 heavy (non-hydrogen) atoms. The van der Waals surface area contributed by atoms with Crippen molar-refractivity contribution in [2.75, 3.05) is 36.4 Å². The highest BCUT2D eigenvalue weighted by molar-refractivity contribution is 7.80. The summed E-state index contributed by atoms with van der Waals surface area (Å²) in [6.07, 6.45) is 0.579. The number of benzene rings is 1. The van der Waals surface area contributed by atoms with Crippen molar-refractivity contribution in [3.05, 3.63) is 23.2 Å². The molecular weight excluding hydrogens is 408 g/mol. The summed E-state index contributed by atoms with van der Waals surface area (Å²) in [5.74, 6) is 0.410. The van der Waals surface area contributed by atoms with E-state index >= 15 is 0 Å². The van der Waals surface area contributed by atoms with Gasteiger partial charge in [0.25, 0.3) is 0 Å². The average Bonchev–Trinajstić information content (AvgIpc) is 2.60. The van der Waals surface area contributed by atoms with Gasteiger partial charge in [0.15, 0.2) is 5.11 Å². The maximum atomic E-state index is 12.3. The Kier molecular flexibility index (Phi) is 7.88. The third kappa shape index (κ3) is 6.85. The Morgan fingerprint density at radius 3 is 2.34 bits per heavy atom. The molecule has 2 N–H and O–H groups in total. The zero-order valence-corrected chi connectivity index (χ0v) is 19.4. The largest absolute Gasteiger partial charge is 0.366 e. The predicted molar refractivity (Wildman–Crippen MR) is 124 cm³/mol. The fourth-order valence-electron chi connectivity index (χ4n) is 3.00. The van der Waals surface area contributed by atoms with Gasteiger partial charge >= 0.3 is 0 Å². The fraction of sp³-hybridized carbons (Fsp3) is 0.571. The Morgan fingerprint density at radius 1 is 1.17 bits per heavy atom. The van der Waals surface area contributed by atoms with Crippen molar-refractivity contribution >= 4 is 52.1 Å². The van der Waals surface area contributed by atoms with Crippen molar-refractivity contribution in [2.45, 2.75) is 41.0 Å². The Hall–Kier alpha value is -1.86. The Labute approximate surface area is 184 Å². The number of rotatable bonds is 4. The van der Waals surface area contributed by atoms with Crippen molar-refractivity contribution in [3.63, 3.8) is 0 Å². The molecule has 1 heterocycles. The van der Waals surface area contributed by atoms with Gasteiger partial charge in [0.05, 0.1) is 11.4 Å². The molecule has 0 spiro atoms. The monoisotopic (exact) mass is 438 g/mol. The third-order valence-electron chi connectivity index (χ3n) is 4.67. The Bertz CT molecular complexity index is 768. The first-order valence-corrected chi connectivity index (χ1v) is 10.7. The summed E-state index contributed by atoms with van der Waals surface area (Å²) in [5.41, 5.74) is 1.14. The van der Waals surface area contributed by atoms with E-state index in [9.17, 15) is 9.59 Å². The lowest BCUT2D eigenvalue weighted by molar-refractivity contribution is -0.132. The fourth-order valence-corrected chi connectivity index (χ4v) is 3.38. The molecule has 2 amide bonds. The van der Waals surface area contributed by atoms with Gasteiger partial charge in [-0.05, 0) is 36.3 Å². The number of carbonyl (C=O) groups is 2. The summed E-state index contributed by atoms with van der Waals surface area (Å²) in [4.78, 5) is 28.6. The number of nitrogens with zero attached hydrogens (tertiary/aromatic N) is 2. The standard InChI is InChI=1S/C21H31ClN4O2S/c1-14(2)12-18(27)26-10-8-25(9-11-26)17-7-6-15(22)13-16(17)23-20(29)24-19(28)21(3,4)5/h6-7,13-14H,8-12H2,1-5H3,(H2,23,24,28,29). The van der Waals surface area contributed by atoms with Gasteiger partial charge in [0.1, 0.15) is 0 Å².